The monoisotopic (exact) mass is 310 g/mol. The second-order valence-electron chi connectivity index (χ2n) is 5.65. The number of carbonyl (C=O) groups excluding carboxylic acids is 1. The van der Waals surface area contributed by atoms with Gasteiger partial charge in [0.25, 0.3) is 0 Å². The summed E-state index contributed by atoms with van der Waals surface area (Å²) < 4.78 is 27.5. The Hall–Kier alpha value is -1.40. The molecular weight excluding hydrogens is 288 g/mol. The molecule has 1 aromatic carbocycles. The fraction of sp³-hybridized carbons (Fsp3) is 0.533. The van der Waals surface area contributed by atoms with E-state index in [1.165, 1.54) is 0 Å². The van der Waals surface area contributed by atoms with Gasteiger partial charge < -0.3 is 4.90 Å². The van der Waals surface area contributed by atoms with Crippen LogP contribution in [0.3, 0.4) is 0 Å². The van der Waals surface area contributed by atoms with Crippen LogP contribution in [-0.2, 0) is 14.8 Å². The van der Waals surface area contributed by atoms with Crippen LogP contribution in [0.5, 0.6) is 0 Å². The van der Waals surface area contributed by atoms with E-state index in [2.05, 4.69) is 4.72 Å². The lowest BCUT2D eigenvalue weighted by molar-refractivity contribution is -0.129. The maximum atomic E-state index is 12.4. The van der Waals surface area contributed by atoms with E-state index >= 15 is 0 Å². The Morgan fingerprint density at radius 3 is 2.33 bits per heavy atom. The summed E-state index contributed by atoms with van der Waals surface area (Å²) in [5.74, 6) is 0.0467. The summed E-state index contributed by atoms with van der Waals surface area (Å²) >= 11 is 0. The standard InChI is InChI=1S/C15H22N2O3S/c1-11-4-5-15(10-12(11)2)21(19,20)16-14-6-8-17(9-7-14)13(3)18/h4-5,10,14,16H,6-9H2,1-3H3. The summed E-state index contributed by atoms with van der Waals surface area (Å²) in [6.07, 6.45) is 1.31. The predicted molar refractivity (Wildman–Crippen MR) is 81.5 cm³/mol. The van der Waals surface area contributed by atoms with Gasteiger partial charge in [-0.3, -0.25) is 4.79 Å². The number of carbonyl (C=O) groups is 1. The largest absolute Gasteiger partial charge is 0.343 e. The smallest absolute Gasteiger partial charge is 0.240 e. The molecule has 0 bridgehead atoms. The first-order valence-corrected chi connectivity index (χ1v) is 8.63. The Morgan fingerprint density at radius 2 is 1.81 bits per heavy atom. The van der Waals surface area contributed by atoms with Crippen molar-refractivity contribution in [2.24, 2.45) is 0 Å². The Labute approximate surface area is 126 Å². The summed E-state index contributed by atoms with van der Waals surface area (Å²) in [4.78, 5) is 13.3. The van der Waals surface area contributed by atoms with Crippen molar-refractivity contribution in [3.05, 3.63) is 29.3 Å². The molecule has 1 aliphatic rings. The molecule has 116 valence electrons. The van der Waals surface area contributed by atoms with Gasteiger partial charge >= 0.3 is 0 Å². The second kappa shape index (κ2) is 6.15. The third kappa shape index (κ3) is 3.83. The first kappa shape index (κ1) is 16.0. The maximum Gasteiger partial charge on any atom is 0.240 e. The molecule has 1 saturated heterocycles. The van der Waals surface area contributed by atoms with Crippen LogP contribution in [0.4, 0.5) is 0 Å². The van der Waals surface area contributed by atoms with Gasteiger partial charge in [0.15, 0.2) is 0 Å². The van der Waals surface area contributed by atoms with Gasteiger partial charge in [0.1, 0.15) is 0 Å². The van der Waals surface area contributed by atoms with E-state index in [0.717, 1.165) is 11.1 Å². The molecule has 0 atom stereocenters. The van der Waals surface area contributed by atoms with Crippen LogP contribution in [-0.4, -0.2) is 38.4 Å². The molecule has 0 aromatic heterocycles. The predicted octanol–water partition coefficient (Wildman–Crippen LogP) is 1.59. The average Bonchev–Trinajstić information content (AvgIpc) is 2.42. The van der Waals surface area contributed by atoms with Gasteiger partial charge in [-0.05, 0) is 49.9 Å². The van der Waals surface area contributed by atoms with Crippen LogP contribution in [0.1, 0.15) is 30.9 Å². The minimum absolute atomic E-state index is 0.0467. The lowest BCUT2D eigenvalue weighted by Crippen LogP contribution is -2.45. The van der Waals surface area contributed by atoms with Gasteiger partial charge in [0.2, 0.25) is 15.9 Å². The molecule has 1 amide bonds. The van der Waals surface area contributed by atoms with Gasteiger partial charge in [-0.2, -0.15) is 0 Å². The minimum atomic E-state index is -3.49. The molecule has 1 heterocycles. The van der Waals surface area contributed by atoms with Crippen molar-refractivity contribution in [1.82, 2.24) is 9.62 Å². The number of benzene rings is 1. The van der Waals surface area contributed by atoms with Crippen molar-refractivity contribution in [3.8, 4) is 0 Å². The van der Waals surface area contributed by atoms with Crippen molar-refractivity contribution in [2.75, 3.05) is 13.1 Å². The van der Waals surface area contributed by atoms with Crippen molar-refractivity contribution in [2.45, 2.75) is 44.6 Å². The Kier molecular flexibility index (Phi) is 4.68. The molecule has 0 saturated carbocycles. The topological polar surface area (TPSA) is 66.5 Å². The van der Waals surface area contributed by atoms with Gasteiger partial charge in [0.05, 0.1) is 4.90 Å². The average molecular weight is 310 g/mol. The van der Waals surface area contributed by atoms with Gasteiger partial charge in [-0.1, -0.05) is 6.07 Å². The maximum absolute atomic E-state index is 12.4. The molecule has 0 radical (unpaired) electrons. The molecule has 1 aliphatic heterocycles. The summed E-state index contributed by atoms with van der Waals surface area (Å²) in [5, 5.41) is 0. The van der Waals surface area contributed by atoms with E-state index in [9.17, 15) is 13.2 Å². The number of nitrogens with one attached hydrogen (secondary N) is 1. The first-order valence-electron chi connectivity index (χ1n) is 7.14. The third-order valence-electron chi connectivity index (χ3n) is 4.05. The lowest BCUT2D eigenvalue weighted by atomic mass is 10.1. The van der Waals surface area contributed by atoms with Crippen LogP contribution in [0, 0.1) is 13.8 Å². The molecule has 21 heavy (non-hydrogen) atoms. The lowest BCUT2D eigenvalue weighted by Gasteiger charge is -2.31. The van der Waals surface area contributed by atoms with Crippen molar-refractivity contribution < 1.29 is 13.2 Å². The van der Waals surface area contributed by atoms with Crippen LogP contribution in [0.25, 0.3) is 0 Å². The number of nitrogens with zero attached hydrogens (tertiary/aromatic N) is 1. The number of rotatable bonds is 3. The molecule has 0 aliphatic carbocycles. The van der Waals surface area contributed by atoms with E-state index in [1.54, 1.807) is 24.0 Å². The Morgan fingerprint density at radius 1 is 1.19 bits per heavy atom. The van der Waals surface area contributed by atoms with Crippen LogP contribution in [0.15, 0.2) is 23.1 Å². The number of amides is 1. The van der Waals surface area contributed by atoms with Crippen molar-refractivity contribution in [3.63, 3.8) is 0 Å². The van der Waals surface area contributed by atoms with Gasteiger partial charge in [-0.25, -0.2) is 13.1 Å². The van der Waals surface area contributed by atoms with Crippen LogP contribution in [0.2, 0.25) is 0 Å². The summed E-state index contributed by atoms with van der Waals surface area (Å²) in [7, 11) is -3.49. The molecule has 5 nitrogen and oxygen atoms in total. The number of likely N-dealkylation sites (tertiary alicyclic amines) is 1. The zero-order valence-electron chi connectivity index (χ0n) is 12.7. The molecule has 1 fully saturated rings. The van der Waals surface area contributed by atoms with Crippen molar-refractivity contribution in [1.29, 1.82) is 0 Å². The van der Waals surface area contributed by atoms with Crippen molar-refractivity contribution >= 4 is 15.9 Å². The zero-order chi connectivity index (χ0) is 15.6. The molecule has 1 aromatic rings. The molecule has 0 unspecified atom stereocenters. The second-order valence-corrected chi connectivity index (χ2v) is 7.36. The quantitative estimate of drug-likeness (QED) is 0.922. The highest BCUT2D eigenvalue weighted by Gasteiger charge is 2.25. The minimum Gasteiger partial charge on any atom is -0.343 e. The molecule has 2 rings (SSSR count). The van der Waals surface area contributed by atoms with E-state index in [0.29, 0.717) is 30.8 Å². The fourth-order valence-corrected chi connectivity index (χ4v) is 3.87. The first-order chi connectivity index (χ1) is 9.79. The number of sulfonamides is 1. The zero-order valence-corrected chi connectivity index (χ0v) is 13.5. The number of piperidine rings is 1. The normalized spacial score (nSPS) is 17.0. The number of hydrogen-bond donors (Lipinski definition) is 1. The summed E-state index contributed by atoms with van der Waals surface area (Å²) in [5.41, 5.74) is 2.04. The van der Waals surface area contributed by atoms with E-state index in [-0.39, 0.29) is 11.9 Å². The number of hydrogen-bond acceptors (Lipinski definition) is 3. The number of aryl methyl sites for hydroxylation is 2. The Bertz CT molecular complexity index is 632. The van der Waals surface area contributed by atoms with E-state index in [4.69, 9.17) is 0 Å². The fourth-order valence-electron chi connectivity index (χ4n) is 2.48. The Balaban J connectivity index is 2.05. The van der Waals surface area contributed by atoms with Gasteiger partial charge in [-0.15, -0.1) is 0 Å². The SMILES string of the molecule is CC(=O)N1CCC(NS(=O)(=O)c2ccc(C)c(C)c2)CC1. The highest BCUT2D eigenvalue weighted by molar-refractivity contribution is 7.89. The third-order valence-corrected chi connectivity index (χ3v) is 5.57. The molecular formula is C15H22N2O3S. The van der Waals surface area contributed by atoms with E-state index in [1.807, 2.05) is 19.9 Å². The van der Waals surface area contributed by atoms with Gasteiger partial charge in [0, 0.05) is 26.1 Å². The molecule has 6 heteroatoms. The summed E-state index contributed by atoms with van der Waals surface area (Å²) in [6, 6.07) is 5.05. The summed E-state index contributed by atoms with van der Waals surface area (Å²) in [6.45, 7) is 6.61. The molecule has 0 spiro atoms. The van der Waals surface area contributed by atoms with Crippen LogP contribution < -0.4 is 4.72 Å². The highest BCUT2D eigenvalue weighted by atomic mass is 32.2. The van der Waals surface area contributed by atoms with E-state index < -0.39 is 10.0 Å². The molecule has 1 N–H and O–H groups in total. The van der Waals surface area contributed by atoms with Crippen LogP contribution >= 0.6 is 0 Å². The highest BCUT2D eigenvalue weighted by Crippen LogP contribution is 2.17.